The van der Waals surface area contributed by atoms with Gasteiger partial charge in [-0.2, -0.15) is 4.57 Å². The quantitative estimate of drug-likeness (QED) is 0.373. The smallest absolute Gasteiger partial charge is 0.373 e. The molecule has 1 aromatic heterocycles. The van der Waals surface area contributed by atoms with E-state index in [0.29, 0.717) is 0 Å². The maximum absolute atomic E-state index is 11.4. The topological polar surface area (TPSA) is 41.2 Å². The van der Waals surface area contributed by atoms with E-state index in [-0.39, 0.29) is 0 Å². The minimum Gasteiger partial charge on any atom is -0.476 e. The third-order valence-electron chi connectivity index (χ3n) is 4.46. The van der Waals surface area contributed by atoms with Gasteiger partial charge in [0.2, 0.25) is 0 Å². The summed E-state index contributed by atoms with van der Waals surface area (Å²) < 4.78 is 1.80. The highest BCUT2D eigenvalue weighted by atomic mass is 16.4. The maximum atomic E-state index is 11.4. The van der Waals surface area contributed by atoms with E-state index in [9.17, 15) is 9.90 Å². The Balaban J connectivity index is 2.04. The summed E-state index contributed by atoms with van der Waals surface area (Å²) in [6.45, 7) is 2.26. The van der Waals surface area contributed by atoms with E-state index in [1.165, 1.54) is 57.8 Å². The molecule has 1 unspecified atom stereocenters. The van der Waals surface area contributed by atoms with Crippen molar-refractivity contribution in [3.05, 3.63) is 30.6 Å². The van der Waals surface area contributed by atoms with Crippen molar-refractivity contribution in [1.29, 1.82) is 0 Å². The standard InChI is InChI=1S/C20H33NO2/c1-2-3-4-5-6-7-8-9-10-11-13-16-19(20(22)23)21-17-14-12-15-18-21/h12,14-15,17-19H,2-11,13,16H2,1H3/p+1. The van der Waals surface area contributed by atoms with Crippen LogP contribution < -0.4 is 4.57 Å². The van der Waals surface area contributed by atoms with Gasteiger partial charge in [0.05, 0.1) is 0 Å². The van der Waals surface area contributed by atoms with Crippen LogP contribution in [0.25, 0.3) is 0 Å². The predicted molar refractivity (Wildman–Crippen MR) is 94.4 cm³/mol. The Morgan fingerprint density at radius 3 is 1.78 bits per heavy atom. The van der Waals surface area contributed by atoms with E-state index < -0.39 is 12.0 Å². The molecule has 1 atom stereocenters. The number of rotatable bonds is 14. The zero-order chi connectivity index (χ0) is 16.8. The second-order valence-corrected chi connectivity index (χ2v) is 6.50. The molecule has 0 fully saturated rings. The number of pyridine rings is 1. The van der Waals surface area contributed by atoms with Gasteiger partial charge in [0.1, 0.15) is 0 Å². The number of nitrogens with zero attached hydrogens (tertiary/aromatic N) is 1. The molecular formula is C20H34NO2+. The summed E-state index contributed by atoms with van der Waals surface area (Å²) in [4.78, 5) is 11.4. The lowest BCUT2D eigenvalue weighted by Gasteiger charge is -2.07. The van der Waals surface area contributed by atoms with Gasteiger partial charge in [-0.3, -0.25) is 0 Å². The van der Waals surface area contributed by atoms with Gasteiger partial charge in [-0.15, -0.1) is 0 Å². The normalized spacial score (nSPS) is 12.2. The Kier molecular flexibility index (Phi) is 11.2. The van der Waals surface area contributed by atoms with Crippen LogP contribution in [-0.4, -0.2) is 11.1 Å². The fourth-order valence-corrected chi connectivity index (χ4v) is 3.02. The van der Waals surface area contributed by atoms with Gasteiger partial charge in [0.25, 0.3) is 6.04 Å². The lowest BCUT2D eigenvalue weighted by atomic mass is 10.0. The highest BCUT2D eigenvalue weighted by molar-refractivity contribution is 5.69. The number of aliphatic carboxylic acids is 1. The molecule has 0 spiro atoms. The van der Waals surface area contributed by atoms with E-state index in [1.807, 2.05) is 30.6 Å². The number of carboxylic acid groups (broad SMARTS) is 1. The van der Waals surface area contributed by atoms with Crippen LogP contribution in [-0.2, 0) is 4.79 Å². The number of unbranched alkanes of at least 4 members (excludes halogenated alkanes) is 10. The Hall–Kier alpha value is -1.38. The molecule has 1 heterocycles. The molecule has 0 aliphatic heterocycles. The Labute approximate surface area is 141 Å². The van der Waals surface area contributed by atoms with E-state index in [2.05, 4.69) is 6.92 Å². The molecule has 0 aliphatic rings. The third kappa shape index (κ3) is 9.37. The highest BCUT2D eigenvalue weighted by Gasteiger charge is 2.25. The second kappa shape index (κ2) is 13.1. The van der Waals surface area contributed by atoms with Crippen LogP contribution in [0.5, 0.6) is 0 Å². The molecule has 0 amide bonds. The number of aromatic nitrogens is 1. The van der Waals surface area contributed by atoms with Gasteiger partial charge in [-0.1, -0.05) is 77.2 Å². The molecular weight excluding hydrogens is 286 g/mol. The van der Waals surface area contributed by atoms with E-state index in [4.69, 9.17) is 0 Å². The molecule has 1 aromatic rings. The third-order valence-corrected chi connectivity index (χ3v) is 4.46. The first kappa shape index (κ1) is 19.7. The highest BCUT2D eigenvalue weighted by Crippen LogP contribution is 2.14. The molecule has 0 saturated heterocycles. The fourth-order valence-electron chi connectivity index (χ4n) is 3.02. The summed E-state index contributed by atoms with van der Waals surface area (Å²) in [7, 11) is 0. The average Bonchev–Trinajstić information content (AvgIpc) is 2.56. The van der Waals surface area contributed by atoms with Crippen molar-refractivity contribution in [1.82, 2.24) is 0 Å². The van der Waals surface area contributed by atoms with Crippen molar-refractivity contribution in [3.63, 3.8) is 0 Å². The lowest BCUT2D eigenvalue weighted by molar-refractivity contribution is -0.711. The second-order valence-electron chi connectivity index (χ2n) is 6.50. The van der Waals surface area contributed by atoms with Gasteiger partial charge in [0.15, 0.2) is 12.4 Å². The zero-order valence-electron chi connectivity index (χ0n) is 14.8. The lowest BCUT2D eigenvalue weighted by Crippen LogP contribution is -2.43. The molecule has 0 aromatic carbocycles. The maximum Gasteiger partial charge on any atom is 0.373 e. The van der Waals surface area contributed by atoms with E-state index >= 15 is 0 Å². The fraction of sp³-hybridized carbons (Fsp3) is 0.700. The summed E-state index contributed by atoms with van der Waals surface area (Å²) in [5, 5.41) is 9.37. The molecule has 3 nitrogen and oxygen atoms in total. The van der Waals surface area contributed by atoms with Crippen LogP contribution in [0, 0.1) is 0 Å². The van der Waals surface area contributed by atoms with Crippen molar-refractivity contribution >= 4 is 5.97 Å². The average molecular weight is 320 g/mol. The summed E-state index contributed by atoms with van der Waals surface area (Å²) in [6.07, 6.45) is 18.6. The van der Waals surface area contributed by atoms with Crippen LogP contribution in [0.1, 0.15) is 90.0 Å². The molecule has 1 rings (SSSR count). The van der Waals surface area contributed by atoms with Crippen molar-refractivity contribution in [3.8, 4) is 0 Å². The van der Waals surface area contributed by atoms with Gasteiger partial charge in [0, 0.05) is 18.6 Å². The first-order valence-electron chi connectivity index (χ1n) is 9.44. The van der Waals surface area contributed by atoms with Gasteiger partial charge < -0.3 is 5.11 Å². The van der Waals surface area contributed by atoms with E-state index in [0.717, 1.165) is 19.3 Å². The number of carboxylic acids is 1. The first-order chi connectivity index (χ1) is 11.3. The molecule has 3 heteroatoms. The summed E-state index contributed by atoms with van der Waals surface area (Å²) >= 11 is 0. The largest absolute Gasteiger partial charge is 0.476 e. The summed E-state index contributed by atoms with van der Waals surface area (Å²) in [6, 6.07) is 5.26. The molecule has 1 N–H and O–H groups in total. The minimum absolute atomic E-state index is 0.422. The van der Waals surface area contributed by atoms with Crippen molar-refractivity contribution in [2.24, 2.45) is 0 Å². The molecule has 0 radical (unpaired) electrons. The Bertz CT molecular complexity index is 405. The van der Waals surface area contributed by atoms with Crippen molar-refractivity contribution in [2.45, 2.75) is 90.0 Å². The van der Waals surface area contributed by atoms with Crippen molar-refractivity contribution in [2.75, 3.05) is 0 Å². The van der Waals surface area contributed by atoms with Crippen LogP contribution in [0.4, 0.5) is 0 Å². The molecule has 0 aliphatic carbocycles. The molecule has 23 heavy (non-hydrogen) atoms. The monoisotopic (exact) mass is 320 g/mol. The Morgan fingerprint density at radius 2 is 1.30 bits per heavy atom. The first-order valence-corrected chi connectivity index (χ1v) is 9.44. The number of carbonyl (C=O) groups is 1. The van der Waals surface area contributed by atoms with Crippen molar-refractivity contribution < 1.29 is 14.5 Å². The van der Waals surface area contributed by atoms with Gasteiger partial charge in [-0.25, -0.2) is 4.79 Å². The van der Waals surface area contributed by atoms with Crippen LogP contribution in [0.2, 0.25) is 0 Å². The SMILES string of the molecule is CCCCCCCCCCCCCC(C(=O)O)[n+]1ccccc1. The number of hydrogen-bond donors (Lipinski definition) is 1. The van der Waals surface area contributed by atoms with E-state index in [1.54, 1.807) is 4.57 Å². The predicted octanol–water partition coefficient (Wildman–Crippen LogP) is 5.30. The molecule has 0 saturated carbocycles. The molecule has 130 valence electrons. The van der Waals surface area contributed by atoms with Gasteiger partial charge >= 0.3 is 5.97 Å². The Morgan fingerprint density at radius 1 is 0.826 bits per heavy atom. The van der Waals surface area contributed by atoms with Gasteiger partial charge in [-0.05, 0) is 6.42 Å². The summed E-state index contributed by atoms with van der Waals surface area (Å²) in [5.74, 6) is -0.728. The van der Waals surface area contributed by atoms with Crippen LogP contribution in [0.15, 0.2) is 30.6 Å². The van der Waals surface area contributed by atoms with Crippen LogP contribution in [0.3, 0.4) is 0 Å². The zero-order valence-corrected chi connectivity index (χ0v) is 14.8. The molecule has 0 bridgehead atoms. The summed E-state index contributed by atoms with van der Waals surface area (Å²) in [5.41, 5.74) is 0. The number of hydrogen-bond acceptors (Lipinski definition) is 1. The minimum atomic E-state index is -0.728. The van der Waals surface area contributed by atoms with Crippen LogP contribution >= 0.6 is 0 Å².